The van der Waals surface area contributed by atoms with E-state index in [0.29, 0.717) is 45.8 Å². The van der Waals surface area contributed by atoms with E-state index >= 15 is 0 Å². The van der Waals surface area contributed by atoms with Gasteiger partial charge in [-0.05, 0) is 25.7 Å². The summed E-state index contributed by atoms with van der Waals surface area (Å²) in [7, 11) is -1.75. The third kappa shape index (κ3) is 5.68. The van der Waals surface area contributed by atoms with Crippen molar-refractivity contribution in [2.24, 2.45) is 5.92 Å². The van der Waals surface area contributed by atoms with Crippen molar-refractivity contribution in [1.82, 2.24) is 14.9 Å². The average Bonchev–Trinajstić information content (AvgIpc) is 3.12. The van der Waals surface area contributed by atoms with Crippen molar-refractivity contribution in [2.75, 3.05) is 46.4 Å². The van der Waals surface area contributed by atoms with Crippen molar-refractivity contribution in [2.45, 2.75) is 43.8 Å². The number of amides is 1. The third-order valence-electron chi connectivity index (χ3n) is 4.92. The predicted octanol–water partition coefficient (Wildman–Crippen LogP) is 0.323. The van der Waals surface area contributed by atoms with E-state index in [0.717, 1.165) is 32.1 Å². The van der Waals surface area contributed by atoms with Crippen LogP contribution in [0, 0.1) is 5.92 Å². The molecule has 2 N–H and O–H groups in total. The molecule has 0 radical (unpaired) electrons. The van der Waals surface area contributed by atoms with Crippen LogP contribution < -0.4 is 10.0 Å². The summed E-state index contributed by atoms with van der Waals surface area (Å²) >= 11 is 0. The van der Waals surface area contributed by atoms with Crippen LogP contribution in [0.25, 0.3) is 0 Å². The van der Waals surface area contributed by atoms with Gasteiger partial charge < -0.3 is 15.0 Å². The largest absolute Gasteiger partial charge is 0.383 e. The van der Waals surface area contributed by atoms with Crippen LogP contribution in [0.2, 0.25) is 0 Å². The first-order valence-electron chi connectivity index (χ1n) is 9.01. The first-order chi connectivity index (χ1) is 11.5. The Morgan fingerprint density at radius 2 is 1.88 bits per heavy atom. The van der Waals surface area contributed by atoms with Crippen LogP contribution >= 0.6 is 0 Å². The molecular weight excluding hydrogens is 330 g/mol. The number of methoxy groups -OCH3 is 1. The third-order valence-corrected chi connectivity index (χ3v) is 6.79. The zero-order chi connectivity index (χ0) is 17.4. The molecule has 1 aliphatic heterocycles. The number of sulfonamides is 1. The van der Waals surface area contributed by atoms with Gasteiger partial charge in [0.2, 0.25) is 15.9 Å². The van der Waals surface area contributed by atoms with E-state index in [2.05, 4.69) is 10.0 Å². The first kappa shape index (κ1) is 19.6. The summed E-state index contributed by atoms with van der Waals surface area (Å²) in [5.74, 6) is 0.276. The molecule has 24 heavy (non-hydrogen) atoms. The summed E-state index contributed by atoms with van der Waals surface area (Å²) < 4.78 is 32.5. The fourth-order valence-electron chi connectivity index (χ4n) is 3.52. The van der Waals surface area contributed by atoms with Crippen LogP contribution in [-0.4, -0.2) is 70.9 Å². The molecule has 140 valence electrons. The fraction of sp³-hybridized carbons (Fsp3) is 0.938. The molecule has 1 atom stereocenters. The lowest BCUT2D eigenvalue weighted by atomic mass is 10.0. The number of rotatable bonds is 9. The highest BCUT2D eigenvalue weighted by Crippen LogP contribution is 2.28. The zero-order valence-electron chi connectivity index (χ0n) is 14.6. The molecule has 0 aromatic carbocycles. The minimum atomic E-state index is -3.38. The molecule has 1 aliphatic carbocycles. The minimum Gasteiger partial charge on any atom is -0.383 e. The first-order valence-corrected chi connectivity index (χ1v) is 10.6. The number of carbonyl (C=O) groups excluding carboxylic acids is 1. The molecule has 8 heteroatoms. The Bertz CT molecular complexity index is 492. The maximum atomic E-state index is 12.5. The molecule has 0 spiro atoms. The zero-order valence-corrected chi connectivity index (χ0v) is 15.4. The molecular formula is C16H31N3O4S. The summed E-state index contributed by atoms with van der Waals surface area (Å²) in [5.41, 5.74) is 0. The molecule has 2 rings (SSSR count). The highest BCUT2D eigenvalue weighted by atomic mass is 32.2. The van der Waals surface area contributed by atoms with Crippen LogP contribution in [0.4, 0.5) is 0 Å². The predicted molar refractivity (Wildman–Crippen MR) is 93.2 cm³/mol. The molecule has 1 saturated carbocycles. The highest BCUT2D eigenvalue weighted by molar-refractivity contribution is 7.90. The second-order valence-corrected chi connectivity index (χ2v) is 8.76. The second kappa shape index (κ2) is 9.70. The number of hydrogen-bond donors (Lipinski definition) is 2. The van der Waals surface area contributed by atoms with Gasteiger partial charge in [-0.15, -0.1) is 0 Å². The van der Waals surface area contributed by atoms with E-state index in [1.165, 1.54) is 0 Å². The van der Waals surface area contributed by atoms with E-state index in [4.69, 9.17) is 4.74 Å². The summed E-state index contributed by atoms with van der Waals surface area (Å²) in [6, 6.07) is 0. The Hall–Kier alpha value is -0.700. The van der Waals surface area contributed by atoms with Crippen LogP contribution in [0.1, 0.15) is 38.5 Å². The van der Waals surface area contributed by atoms with Crippen molar-refractivity contribution >= 4 is 15.9 Å². The molecule has 7 nitrogen and oxygen atoms in total. The number of likely N-dealkylation sites (tertiary alicyclic amines) is 1. The number of hydrogen-bond acceptors (Lipinski definition) is 5. The molecule has 1 unspecified atom stereocenters. The Labute approximate surface area is 145 Å². The number of nitrogens with one attached hydrogen (secondary N) is 2. The van der Waals surface area contributed by atoms with Crippen molar-refractivity contribution in [1.29, 1.82) is 0 Å². The van der Waals surface area contributed by atoms with Gasteiger partial charge in [0.05, 0.1) is 11.9 Å². The fourth-order valence-corrected chi connectivity index (χ4v) is 5.00. The van der Waals surface area contributed by atoms with Gasteiger partial charge in [-0.25, -0.2) is 13.1 Å². The van der Waals surface area contributed by atoms with E-state index in [1.54, 1.807) is 12.0 Å². The van der Waals surface area contributed by atoms with Gasteiger partial charge in [-0.3, -0.25) is 4.79 Å². The van der Waals surface area contributed by atoms with Crippen molar-refractivity contribution < 1.29 is 17.9 Å². The Morgan fingerprint density at radius 3 is 2.58 bits per heavy atom. The van der Waals surface area contributed by atoms with E-state index < -0.39 is 15.3 Å². The minimum absolute atomic E-state index is 0.115. The lowest BCUT2D eigenvalue weighted by Crippen LogP contribution is -2.50. The van der Waals surface area contributed by atoms with Crippen LogP contribution in [0.5, 0.6) is 0 Å². The lowest BCUT2D eigenvalue weighted by molar-refractivity contribution is -0.136. The summed E-state index contributed by atoms with van der Waals surface area (Å²) in [5, 5.41) is 2.62. The summed E-state index contributed by atoms with van der Waals surface area (Å²) in [4.78, 5) is 14.3. The monoisotopic (exact) mass is 361 g/mol. The second-order valence-electron chi connectivity index (χ2n) is 6.71. The molecule has 0 aromatic heterocycles. The van der Waals surface area contributed by atoms with Crippen LogP contribution in [0.3, 0.4) is 0 Å². The molecule has 1 heterocycles. The smallest absolute Gasteiger partial charge is 0.225 e. The van der Waals surface area contributed by atoms with Crippen molar-refractivity contribution in [3.05, 3.63) is 0 Å². The molecule has 1 amide bonds. The molecule has 2 aliphatic rings. The van der Waals surface area contributed by atoms with Gasteiger partial charge in [0.1, 0.15) is 0 Å². The van der Waals surface area contributed by atoms with Gasteiger partial charge >= 0.3 is 0 Å². The highest BCUT2D eigenvalue weighted by Gasteiger charge is 2.35. The lowest BCUT2D eigenvalue weighted by Gasteiger charge is -2.34. The maximum Gasteiger partial charge on any atom is 0.225 e. The van der Waals surface area contributed by atoms with Gasteiger partial charge in [0, 0.05) is 45.8 Å². The van der Waals surface area contributed by atoms with Gasteiger partial charge in [0.25, 0.3) is 0 Å². The topological polar surface area (TPSA) is 87.7 Å². The normalized spacial score (nSPS) is 22.9. The quantitative estimate of drug-likeness (QED) is 0.578. The number of ether oxygens (including phenoxy) is 1. The van der Waals surface area contributed by atoms with Crippen LogP contribution in [0.15, 0.2) is 0 Å². The van der Waals surface area contributed by atoms with Crippen molar-refractivity contribution in [3.8, 4) is 0 Å². The Balaban J connectivity index is 1.78. The van der Waals surface area contributed by atoms with Crippen molar-refractivity contribution in [3.63, 3.8) is 0 Å². The van der Waals surface area contributed by atoms with E-state index in [1.807, 2.05) is 0 Å². The average molecular weight is 362 g/mol. The Morgan fingerprint density at radius 1 is 1.12 bits per heavy atom. The molecule has 1 saturated heterocycles. The number of nitrogens with zero attached hydrogens (tertiary/aromatic N) is 1. The number of piperidine rings is 1. The SMILES string of the molecule is COCCNCCNS(=O)(=O)C1CCCN(C(=O)C2CCCC2)C1. The molecule has 0 bridgehead atoms. The number of carbonyl (C=O) groups is 1. The summed E-state index contributed by atoms with van der Waals surface area (Å²) in [6.07, 6.45) is 5.53. The van der Waals surface area contributed by atoms with Gasteiger partial charge in [-0.1, -0.05) is 12.8 Å². The summed E-state index contributed by atoms with van der Waals surface area (Å²) in [6.45, 7) is 3.26. The van der Waals surface area contributed by atoms with E-state index in [-0.39, 0.29) is 11.8 Å². The van der Waals surface area contributed by atoms with Crippen LogP contribution in [-0.2, 0) is 19.6 Å². The van der Waals surface area contributed by atoms with Gasteiger partial charge in [-0.2, -0.15) is 0 Å². The standard InChI is InChI=1S/C16H31N3O4S/c1-23-12-10-17-8-9-18-24(21,22)15-7-4-11-19(13-15)16(20)14-5-2-3-6-14/h14-15,17-18H,2-13H2,1H3. The molecule has 2 fully saturated rings. The van der Waals surface area contributed by atoms with Gasteiger partial charge in [0.15, 0.2) is 0 Å². The van der Waals surface area contributed by atoms with E-state index in [9.17, 15) is 13.2 Å². The Kier molecular flexibility index (Phi) is 7.93. The maximum absolute atomic E-state index is 12.5. The molecule has 0 aromatic rings.